The van der Waals surface area contributed by atoms with Gasteiger partial charge in [0, 0.05) is 18.6 Å². The second-order valence-electron chi connectivity index (χ2n) is 3.46. The Hall–Kier alpha value is -1.77. The van der Waals surface area contributed by atoms with Crippen LogP contribution in [0.15, 0.2) is 30.7 Å². The molecular weight excluding hydrogens is 200 g/mol. The van der Waals surface area contributed by atoms with Gasteiger partial charge in [0.15, 0.2) is 6.29 Å². The number of rotatable bonds is 3. The Morgan fingerprint density at radius 1 is 1.19 bits per heavy atom. The zero-order chi connectivity index (χ0) is 11.8. The number of hydrogen-bond acceptors (Lipinski definition) is 1. The average Bonchev–Trinajstić information content (AvgIpc) is 3.00. The van der Waals surface area contributed by atoms with Crippen molar-refractivity contribution >= 4 is 6.29 Å². The molecule has 0 spiro atoms. The number of H-pyrrole nitrogens is 2. The highest BCUT2D eigenvalue weighted by atomic mass is 16.1. The molecule has 0 aliphatic rings. The van der Waals surface area contributed by atoms with Gasteiger partial charge in [0.25, 0.3) is 0 Å². The highest BCUT2D eigenvalue weighted by Gasteiger charge is 1.96. The van der Waals surface area contributed by atoms with E-state index in [2.05, 4.69) is 23.0 Å². The van der Waals surface area contributed by atoms with E-state index in [1.54, 1.807) is 6.20 Å². The molecule has 2 rings (SSSR count). The van der Waals surface area contributed by atoms with E-state index in [9.17, 15) is 4.79 Å². The van der Waals surface area contributed by atoms with Gasteiger partial charge in [-0.05, 0) is 36.1 Å². The summed E-state index contributed by atoms with van der Waals surface area (Å²) in [6.45, 7) is 4.17. The van der Waals surface area contributed by atoms with Gasteiger partial charge in [-0.2, -0.15) is 0 Å². The van der Waals surface area contributed by atoms with E-state index in [0.717, 1.165) is 24.7 Å². The first-order valence-electron chi connectivity index (χ1n) is 5.54. The SMILES string of the molecule is CCc1cc[nH]c1.CCc1cc[nH]c1C=O. The second-order valence-corrected chi connectivity index (χ2v) is 3.46. The molecule has 0 atom stereocenters. The van der Waals surface area contributed by atoms with Crippen LogP contribution in [0.3, 0.4) is 0 Å². The lowest BCUT2D eigenvalue weighted by Crippen LogP contribution is -1.84. The van der Waals surface area contributed by atoms with Gasteiger partial charge in [-0.25, -0.2) is 0 Å². The van der Waals surface area contributed by atoms with Gasteiger partial charge < -0.3 is 9.97 Å². The van der Waals surface area contributed by atoms with Gasteiger partial charge >= 0.3 is 0 Å². The maximum Gasteiger partial charge on any atom is 0.166 e. The minimum absolute atomic E-state index is 0.706. The number of nitrogens with one attached hydrogen (secondary N) is 2. The predicted molar refractivity (Wildman–Crippen MR) is 65.7 cm³/mol. The lowest BCUT2D eigenvalue weighted by molar-refractivity contribution is 0.111. The van der Waals surface area contributed by atoms with Crippen LogP contribution in [0.5, 0.6) is 0 Å². The summed E-state index contributed by atoms with van der Waals surface area (Å²) in [6.07, 6.45) is 8.63. The van der Waals surface area contributed by atoms with Crippen LogP contribution in [-0.2, 0) is 12.8 Å². The molecule has 0 fully saturated rings. The fraction of sp³-hybridized carbons (Fsp3) is 0.308. The van der Waals surface area contributed by atoms with Crippen molar-refractivity contribution < 1.29 is 4.79 Å². The summed E-state index contributed by atoms with van der Waals surface area (Å²) >= 11 is 0. The van der Waals surface area contributed by atoms with E-state index in [1.165, 1.54) is 5.56 Å². The Labute approximate surface area is 95.9 Å². The minimum Gasteiger partial charge on any atom is -0.367 e. The number of aryl methyl sites for hydroxylation is 2. The van der Waals surface area contributed by atoms with Crippen LogP contribution in [-0.4, -0.2) is 16.3 Å². The molecule has 0 unspecified atom stereocenters. The maximum atomic E-state index is 10.2. The largest absolute Gasteiger partial charge is 0.367 e. The van der Waals surface area contributed by atoms with Crippen molar-refractivity contribution in [3.05, 3.63) is 47.5 Å². The molecule has 3 nitrogen and oxygen atoms in total. The van der Waals surface area contributed by atoms with Crippen LogP contribution < -0.4 is 0 Å². The lowest BCUT2D eigenvalue weighted by Gasteiger charge is -1.87. The fourth-order valence-electron chi connectivity index (χ4n) is 1.41. The number of carbonyl (C=O) groups excluding carboxylic acids is 1. The maximum absolute atomic E-state index is 10.2. The first kappa shape index (κ1) is 12.3. The molecule has 86 valence electrons. The zero-order valence-corrected chi connectivity index (χ0v) is 9.79. The predicted octanol–water partition coefficient (Wildman–Crippen LogP) is 2.97. The lowest BCUT2D eigenvalue weighted by atomic mass is 10.2. The van der Waals surface area contributed by atoms with E-state index < -0.39 is 0 Å². The standard InChI is InChI=1S/C7H9NO.C6H9N/c1-2-6-3-4-8-7(6)5-9;1-2-6-3-4-7-5-6/h3-5,8H,2H2,1H3;3-5,7H,2H2,1H3. The average molecular weight is 218 g/mol. The summed E-state index contributed by atoms with van der Waals surface area (Å²) in [4.78, 5) is 16.0. The normalized spacial score (nSPS) is 9.38. The molecule has 0 aliphatic heterocycles. The van der Waals surface area contributed by atoms with Gasteiger partial charge in [0.1, 0.15) is 0 Å². The summed E-state index contributed by atoms with van der Waals surface area (Å²) in [5, 5.41) is 0. The zero-order valence-electron chi connectivity index (χ0n) is 9.79. The Bertz CT molecular complexity index is 401. The molecule has 3 heteroatoms. The van der Waals surface area contributed by atoms with Gasteiger partial charge in [-0.3, -0.25) is 4.79 Å². The third-order valence-electron chi connectivity index (χ3n) is 2.44. The van der Waals surface area contributed by atoms with Crippen molar-refractivity contribution in [1.82, 2.24) is 9.97 Å². The molecule has 2 N–H and O–H groups in total. The van der Waals surface area contributed by atoms with Gasteiger partial charge in [0.2, 0.25) is 0 Å². The first-order valence-corrected chi connectivity index (χ1v) is 5.54. The van der Waals surface area contributed by atoms with Crippen LogP contribution >= 0.6 is 0 Å². The molecule has 0 aliphatic carbocycles. The number of hydrogen-bond donors (Lipinski definition) is 2. The van der Waals surface area contributed by atoms with Gasteiger partial charge in [-0.15, -0.1) is 0 Å². The van der Waals surface area contributed by atoms with Crippen LogP contribution in [0.25, 0.3) is 0 Å². The van der Waals surface area contributed by atoms with E-state index in [1.807, 2.05) is 25.4 Å². The molecule has 0 radical (unpaired) electrons. The first-order chi connectivity index (χ1) is 7.81. The van der Waals surface area contributed by atoms with Gasteiger partial charge in [0.05, 0.1) is 5.69 Å². The Morgan fingerprint density at radius 2 is 2.00 bits per heavy atom. The van der Waals surface area contributed by atoms with E-state index in [4.69, 9.17) is 0 Å². The molecule has 2 aromatic rings. The molecule has 0 amide bonds. The molecule has 16 heavy (non-hydrogen) atoms. The van der Waals surface area contributed by atoms with Crippen LogP contribution in [0.4, 0.5) is 0 Å². The Kier molecular flexibility index (Phi) is 5.12. The topological polar surface area (TPSA) is 48.6 Å². The number of aromatic amines is 2. The smallest absolute Gasteiger partial charge is 0.166 e. The third-order valence-corrected chi connectivity index (χ3v) is 2.44. The Morgan fingerprint density at radius 3 is 2.38 bits per heavy atom. The van der Waals surface area contributed by atoms with Crippen LogP contribution in [0.2, 0.25) is 0 Å². The van der Waals surface area contributed by atoms with Crippen molar-refractivity contribution in [3.8, 4) is 0 Å². The van der Waals surface area contributed by atoms with E-state index in [0.29, 0.717) is 5.69 Å². The fourth-order valence-corrected chi connectivity index (χ4v) is 1.41. The summed E-state index contributed by atoms with van der Waals surface area (Å²) in [5.41, 5.74) is 3.17. The molecule has 0 saturated carbocycles. The Balaban J connectivity index is 0.000000165. The minimum atomic E-state index is 0.706. The summed E-state index contributed by atoms with van der Waals surface area (Å²) in [5.74, 6) is 0. The van der Waals surface area contributed by atoms with E-state index in [-0.39, 0.29) is 0 Å². The quantitative estimate of drug-likeness (QED) is 0.764. The molecule has 0 bridgehead atoms. The number of aromatic nitrogens is 2. The van der Waals surface area contributed by atoms with Crippen molar-refractivity contribution in [2.45, 2.75) is 26.7 Å². The van der Waals surface area contributed by atoms with Gasteiger partial charge in [-0.1, -0.05) is 13.8 Å². The molecule has 2 aromatic heterocycles. The number of aldehydes is 1. The summed E-state index contributed by atoms with van der Waals surface area (Å²) < 4.78 is 0. The third kappa shape index (κ3) is 3.42. The molecule has 0 saturated heterocycles. The monoisotopic (exact) mass is 218 g/mol. The van der Waals surface area contributed by atoms with Crippen molar-refractivity contribution in [3.63, 3.8) is 0 Å². The van der Waals surface area contributed by atoms with Crippen LogP contribution in [0.1, 0.15) is 35.5 Å². The molecule has 0 aromatic carbocycles. The summed E-state index contributed by atoms with van der Waals surface area (Å²) in [7, 11) is 0. The summed E-state index contributed by atoms with van der Waals surface area (Å²) in [6, 6.07) is 4.00. The highest BCUT2D eigenvalue weighted by Crippen LogP contribution is 2.03. The number of carbonyl (C=O) groups is 1. The van der Waals surface area contributed by atoms with Crippen LogP contribution in [0, 0.1) is 0 Å². The molecular formula is C13H18N2O. The molecule has 2 heterocycles. The van der Waals surface area contributed by atoms with Crippen molar-refractivity contribution in [2.24, 2.45) is 0 Å². The highest BCUT2D eigenvalue weighted by molar-refractivity contribution is 5.74. The van der Waals surface area contributed by atoms with E-state index >= 15 is 0 Å². The van der Waals surface area contributed by atoms with Crippen molar-refractivity contribution in [1.29, 1.82) is 0 Å². The van der Waals surface area contributed by atoms with Crippen molar-refractivity contribution in [2.75, 3.05) is 0 Å². The second kappa shape index (κ2) is 6.67.